The minimum Gasteiger partial charge on any atom is -0.451 e. The number of amides is 1. The topological polar surface area (TPSA) is 72.7 Å². The zero-order valence-electron chi connectivity index (χ0n) is 13.2. The maximum absolute atomic E-state index is 12.0. The Bertz CT molecular complexity index is 836. The quantitative estimate of drug-likeness (QED) is 0.730. The Kier molecular flexibility index (Phi) is 4.56. The van der Waals surface area contributed by atoms with Gasteiger partial charge in [-0.25, -0.2) is 9.78 Å². The van der Waals surface area contributed by atoms with Crippen molar-refractivity contribution < 1.29 is 14.3 Å². The van der Waals surface area contributed by atoms with Gasteiger partial charge in [-0.15, -0.1) is 0 Å². The summed E-state index contributed by atoms with van der Waals surface area (Å²) in [6.45, 7) is 2.06. The fourth-order valence-electron chi connectivity index (χ4n) is 2.20. The SMILES string of the molecule is Cc1ccc(CNC(=O)COC(=O)c2cn3ccccc3n2)cc1. The van der Waals surface area contributed by atoms with Crippen LogP contribution in [0.25, 0.3) is 5.65 Å². The standard InChI is InChI=1S/C18H17N3O3/c1-13-5-7-14(8-6-13)10-19-17(22)12-24-18(23)15-11-21-9-3-2-4-16(21)20-15/h2-9,11H,10,12H2,1H3,(H,19,22). The molecule has 6 heteroatoms. The van der Waals surface area contributed by atoms with Crippen LogP contribution in [-0.2, 0) is 16.1 Å². The molecule has 0 saturated carbocycles. The van der Waals surface area contributed by atoms with E-state index in [0.717, 1.165) is 11.1 Å². The monoisotopic (exact) mass is 323 g/mol. The van der Waals surface area contributed by atoms with Crippen molar-refractivity contribution in [3.63, 3.8) is 0 Å². The third kappa shape index (κ3) is 3.78. The van der Waals surface area contributed by atoms with Crippen molar-refractivity contribution in [3.8, 4) is 0 Å². The maximum Gasteiger partial charge on any atom is 0.359 e. The van der Waals surface area contributed by atoms with Crippen LogP contribution in [0.15, 0.2) is 54.9 Å². The Labute approximate surface area is 139 Å². The predicted molar refractivity (Wildman–Crippen MR) is 88.5 cm³/mol. The average molecular weight is 323 g/mol. The summed E-state index contributed by atoms with van der Waals surface area (Å²) < 4.78 is 6.72. The van der Waals surface area contributed by atoms with Crippen molar-refractivity contribution in [1.29, 1.82) is 0 Å². The van der Waals surface area contributed by atoms with Crippen LogP contribution in [-0.4, -0.2) is 27.9 Å². The number of benzene rings is 1. The summed E-state index contributed by atoms with van der Waals surface area (Å²) >= 11 is 0. The van der Waals surface area contributed by atoms with Crippen LogP contribution in [0.1, 0.15) is 21.6 Å². The molecule has 24 heavy (non-hydrogen) atoms. The molecule has 0 radical (unpaired) electrons. The summed E-state index contributed by atoms with van der Waals surface area (Å²) in [4.78, 5) is 27.9. The molecule has 0 unspecified atom stereocenters. The first-order valence-electron chi connectivity index (χ1n) is 7.55. The van der Waals surface area contributed by atoms with Gasteiger partial charge in [-0.2, -0.15) is 0 Å². The zero-order chi connectivity index (χ0) is 16.9. The average Bonchev–Trinajstić information content (AvgIpc) is 3.03. The van der Waals surface area contributed by atoms with Crippen LogP contribution >= 0.6 is 0 Å². The second kappa shape index (κ2) is 6.95. The van der Waals surface area contributed by atoms with Gasteiger partial charge in [-0.3, -0.25) is 4.79 Å². The third-order valence-electron chi connectivity index (χ3n) is 3.52. The van der Waals surface area contributed by atoms with Gasteiger partial charge in [-0.05, 0) is 24.6 Å². The number of nitrogens with zero attached hydrogens (tertiary/aromatic N) is 2. The van der Waals surface area contributed by atoms with Crippen LogP contribution < -0.4 is 5.32 Å². The molecule has 2 aromatic heterocycles. The number of esters is 1. The maximum atomic E-state index is 12.0. The van der Waals surface area contributed by atoms with Crippen molar-refractivity contribution in [2.75, 3.05) is 6.61 Å². The van der Waals surface area contributed by atoms with Crippen LogP contribution in [0.2, 0.25) is 0 Å². The van der Waals surface area contributed by atoms with E-state index in [0.29, 0.717) is 12.2 Å². The summed E-state index contributed by atoms with van der Waals surface area (Å²) in [7, 11) is 0. The van der Waals surface area contributed by atoms with Gasteiger partial charge in [0.15, 0.2) is 12.3 Å². The molecule has 1 aromatic carbocycles. The third-order valence-corrected chi connectivity index (χ3v) is 3.52. The summed E-state index contributed by atoms with van der Waals surface area (Å²) in [5, 5.41) is 2.71. The van der Waals surface area contributed by atoms with Crippen molar-refractivity contribution >= 4 is 17.5 Å². The predicted octanol–water partition coefficient (Wildman–Crippen LogP) is 2.12. The smallest absolute Gasteiger partial charge is 0.359 e. The summed E-state index contributed by atoms with van der Waals surface area (Å²) in [5.74, 6) is -0.975. The van der Waals surface area contributed by atoms with Crippen LogP contribution in [0.5, 0.6) is 0 Å². The molecule has 0 aliphatic heterocycles. The highest BCUT2D eigenvalue weighted by Gasteiger charge is 2.13. The van der Waals surface area contributed by atoms with Crippen molar-refractivity contribution in [2.24, 2.45) is 0 Å². The molecule has 3 aromatic rings. The molecule has 0 saturated heterocycles. The van der Waals surface area contributed by atoms with Crippen LogP contribution in [0, 0.1) is 6.92 Å². The lowest BCUT2D eigenvalue weighted by molar-refractivity contribution is -0.124. The van der Waals surface area contributed by atoms with E-state index < -0.39 is 5.97 Å². The minimum atomic E-state index is -0.621. The molecule has 0 aliphatic carbocycles. The lowest BCUT2D eigenvalue weighted by Crippen LogP contribution is -2.28. The lowest BCUT2D eigenvalue weighted by Gasteiger charge is -2.06. The fraction of sp³-hybridized carbons (Fsp3) is 0.167. The van der Waals surface area contributed by atoms with E-state index in [1.807, 2.05) is 43.3 Å². The highest BCUT2D eigenvalue weighted by molar-refractivity contribution is 5.90. The van der Waals surface area contributed by atoms with Gasteiger partial charge in [0.2, 0.25) is 0 Å². The molecule has 2 heterocycles. The van der Waals surface area contributed by atoms with Gasteiger partial charge >= 0.3 is 5.97 Å². The number of hydrogen-bond acceptors (Lipinski definition) is 4. The number of aryl methyl sites for hydroxylation is 1. The largest absolute Gasteiger partial charge is 0.451 e. The highest BCUT2D eigenvalue weighted by Crippen LogP contribution is 2.06. The summed E-state index contributed by atoms with van der Waals surface area (Å²) in [5.41, 5.74) is 2.97. The van der Waals surface area contributed by atoms with E-state index >= 15 is 0 Å². The van der Waals surface area contributed by atoms with E-state index in [4.69, 9.17) is 4.74 Å². The van der Waals surface area contributed by atoms with Crippen molar-refractivity contribution in [2.45, 2.75) is 13.5 Å². The zero-order valence-corrected chi connectivity index (χ0v) is 13.2. The highest BCUT2D eigenvalue weighted by atomic mass is 16.5. The molecular weight excluding hydrogens is 306 g/mol. The van der Waals surface area contributed by atoms with Crippen molar-refractivity contribution in [3.05, 3.63) is 71.7 Å². The number of imidazole rings is 1. The molecule has 3 rings (SSSR count). The first-order valence-corrected chi connectivity index (χ1v) is 7.55. The first-order chi connectivity index (χ1) is 11.6. The van der Waals surface area contributed by atoms with E-state index in [2.05, 4.69) is 10.3 Å². The molecule has 1 amide bonds. The number of carbonyl (C=O) groups is 2. The van der Waals surface area contributed by atoms with Crippen LogP contribution in [0.4, 0.5) is 0 Å². The normalized spacial score (nSPS) is 10.5. The number of fused-ring (bicyclic) bond motifs is 1. The van der Waals surface area contributed by atoms with Crippen LogP contribution in [0.3, 0.4) is 0 Å². The number of carbonyl (C=O) groups excluding carboxylic acids is 2. The molecular formula is C18H17N3O3. The van der Waals surface area contributed by atoms with Crippen molar-refractivity contribution in [1.82, 2.24) is 14.7 Å². The molecule has 0 spiro atoms. The number of hydrogen-bond donors (Lipinski definition) is 1. The Hall–Kier alpha value is -3.15. The van der Waals surface area contributed by atoms with Gasteiger partial charge in [0, 0.05) is 18.9 Å². The minimum absolute atomic E-state index is 0.174. The molecule has 0 fully saturated rings. The molecule has 1 N–H and O–H groups in total. The first kappa shape index (κ1) is 15.7. The van der Waals surface area contributed by atoms with Gasteiger partial charge in [-0.1, -0.05) is 35.9 Å². The molecule has 0 atom stereocenters. The molecule has 0 bridgehead atoms. The number of pyridine rings is 1. The molecule has 122 valence electrons. The van der Waals surface area contributed by atoms with Gasteiger partial charge in [0.05, 0.1) is 0 Å². The second-order valence-electron chi connectivity index (χ2n) is 5.43. The van der Waals surface area contributed by atoms with E-state index in [-0.39, 0.29) is 18.2 Å². The Morgan fingerprint density at radius 3 is 2.71 bits per heavy atom. The summed E-state index contributed by atoms with van der Waals surface area (Å²) in [6.07, 6.45) is 3.36. The number of rotatable bonds is 5. The fourth-order valence-corrected chi connectivity index (χ4v) is 2.20. The Balaban J connectivity index is 1.50. The molecule has 6 nitrogen and oxygen atoms in total. The number of ether oxygens (including phenoxy) is 1. The summed E-state index contributed by atoms with van der Waals surface area (Å²) in [6, 6.07) is 13.3. The Morgan fingerprint density at radius 2 is 1.96 bits per heavy atom. The van der Waals surface area contributed by atoms with E-state index in [1.54, 1.807) is 22.9 Å². The van der Waals surface area contributed by atoms with Gasteiger partial charge in [0.1, 0.15) is 5.65 Å². The number of aromatic nitrogens is 2. The van der Waals surface area contributed by atoms with Gasteiger partial charge < -0.3 is 14.5 Å². The van der Waals surface area contributed by atoms with E-state index in [9.17, 15) is 9.59 Å². The number of nitrogens with one attached hydrogen (secondary N) is 1. The molecule has 0 aliphatic rings. The van der Waals surface area contributed by atoms with Gasteiger partial charge in [0.25, 0.3) is 5.91 Å². The second-order valence-corrected chi connectivity index (χ2v) is 5.43. The van der Waals surface area contributed by atoms with E-state index in [1.165, 1.54) is 0 Å². The Morgan fingerprint density at radius 1 is 1.17 bits per heavy atom. The lowest BCUT2D eigenvalue weighted by atomic mass is 10.1.